The molecule has 0 saturated heterocycles. The minimum Gasteiger partial charge on any atom is -0.479 e. The van der Waals surface area contributed by atoms with E-state index in [4.69, 9.17) is 56.0 Å². The molecule has 0 aliphatic rings. The number of carbonyl (C=O) groups excluding carboxylic acids is 1. The van der Waals surface area contributed by atoms with Crippen molar-refractivity contribution in [2.24, 2.45) is 0 Å². The number of amides is 1. The second-order valence-electron chi connectivity index (χ2n) is 5.59. The molecule has 1 aromatic heterocycles. The summed E-state index contributed by atoms with van der Waals surface area (Å²) in [6.45, 7) is 0. The number of hydrogen-bond donors (Lipinski definition) is 2. The normalized spacial score (nSPS) is 11.3. The van der Waals surface area contributed by atoms with Crippen LogP contribution < -0.4 is 5.32 Å². The molecule has 0 bridgehead atoms. The van der Waals surface area contributed by atoms with Gasteiger partial charge in [-0.25, -0.2) is 4.79 Å². The first-order chi connectivity index (χ1) is 13.2. The molecule has 1 heterocycles. The fourth-order valence-corrected chi connectivity index (χ4v) is 3.01. The van der Waals surface area contributed by atoms with Crippen LogP contribution in [0.4, 0.5) is 5.69 Å². The van der Waals surface area contributed by atoms with Gasteiger partial charge in [-0.05, 0) is 24.3 Å². The van der Waals surface area contributed by atoms with Crippen LogP contribution in [0.15, 0.2) is 53.1 Å². The van der Waals surface area contributed by atoms with Crippen molar-refractivity contribution in [3.63, 3.8) is 0 Å². The van der Waals surface area contributed by atoms with Crippen LogP contribution in [0.5, 0.6) is 0 Å². The third-order valence-corrected chi connectivity index (χ3v) is 4.98. The Kier molecular flexibility index (Phi) is 5.86. The van der Waals surface area contributed by atoms with Crippen LogP contribution in [0.2, 0.25) is 10.0 Å². The number of nitrogens with one attached hydrogen (secondary N) is 1. The summed E-state index contributed by atoms with van der Waals surface area (Å²) in [6, 6.07) is 13.1. The first-order valence-corrected chi connectivity index (χ1v) is 9.15. The van der Waals surface area contributed by atoms with E-state index < -0.39 is 16.2 Å². The largest absolute Gasteiger partial charge is 0.479 e. The number of carbonyl (C=O) groups is 2. The number of aromatic nitrogens is 1. The summed E-state index contributed by atoms with van der Waals surface area (Å²) in [7, 11) is 0. The second-order valence-corrected chi connectivity index (χ2v) is 7.73. The number of rotatable bonds is 5. The first-order valence-electron chi connectivity index (χ1n) is 7.64. The van der Waals surface area contributed by atoms with Crippen LogP contribution >= 0.6 is 46.4 Å². The van der Waals surface area contributed by atoms with Crippen LogP contribution in [0.25, 0.3) is 22.6 Å². The van der Waals surface area contributed by atoms with Gasteiger partial charge in [-0.3, -0.25) is 4.79 Å². The quantitative estimate of drug-likeness (QED) is 0.387. The lowest BCUT2D eigenvalue weighted by Gasteiger charge is -2.14. The fraction of sp³-hybridized carbons (Fsp3) is 0.0556. The highest BCUT2D eigenvalue weighted by molar-refractivity contribution is 6.67. The number of anilines is 1. The number of carboxylic acid groups (broad SMARTS) is 1. The van der Waals surface area contributed by atoms with E-state index in [2.05, 4.69) is 10.5 Å². The van der Waals surface area contributed by atoms with Crippen molar-refractivity contribution < 1.29 is 19.2 Å². The van der Waals surface area contributed by atoms with E-state index in [1.165, 1.54) is 6.07 Å². The summed E-state index contributed by atoms with van der Waals surface area (Å²) in [5, 5.41) is 16.1. The average molecular weight is 460 g/mol. The zero-order valence-electron chi connectivity index (χ0n) is 13.7. The van der Waals surface area contributed by atoms with Crippen molar-refractivity contribution in [3.05, 3.63) is 58.6 Å². The first kappa shape index (κ1) is 20.5. The molecule has 0 radical (unpaired) electrons. The third kappa shape index (κ3) is 4.10. The van der Waals surface area contributed by atoms with Gasteiger partial charge in [0.2, 0.25) is 0 Å². The number of aliphatic carboxylic acids is 1. The van der Waals surface area contributed by atoms with Crippen LogP contribution in [-0.4, -0.2) is 26.5 Å². The number of halogens is 4. The van der Waals surface area contributed by atoms with E-state index in [-0.39, 0.29) is 5.69 Å². The zero-order chi connectivity index (χ0) is 20.5. The molecule has 2 aromatic carbocycles. The van der Waals surface area contributed by atoms with Gasteiger partial charge < -0.3 is 14.9 Å². The summed E-state index contributed by atoms with van der Waals surface area (Å²) in [5.74, 6) is -2.40. The van der Waals surface area contributed by atoms with Gasteiger partial charge in [0.15, 0.2) is 5.76 Å². The van der Waals surface area contributed by atoms with Gasteiger partial charge in [-0.15, -0.1) is 0 Å². The third-order valence-electron chi connectivity index (χ3n) is 3.69. The number of nitrogens with zero attached hydrogens (tertiary/aromatic N) is 1. The molecule has 2 N–H and O–H groups in total. The molecular formula is C18H10Cl4N2O4. The predicted molar refractivity (Wildman–Crippen MR) is 108 cm³/mol. The van der Waals surface area contributed by atoms with Gasteiger partial charge >= 0.3 is 5.97 Å². The molecule has 144 valence electrons. The number of benzene rings is 2. The molecule has 0 saturated carbocycles. The maximum atomic E-state index is 12.0. The predicted octanol–water partition coefficient (Wildman–Crippen LogP) is 5.51. The molecule has 0 aliphatic carbocycles. The Morgan fingerprint density at radius 3 is 2.32 bits per heavy atom. The van der Waals surface area contributed by atoms with Crippen molar-refractivity contribution in [3.8, 4) is 22.6 Å². The standard InChI is InChI=1S/C18H10Cl4N2O4/c19-11-5-2-6-12(20)15(11)13-8-14(28-24-13)9-3-1-4-10(7-9)23-16(25)18(21,22)17(26)27/h1-8H,(H,23,25)(H,26,27). The van der Waals surface area contributed by atoms with Gasteiger partial charge in [0.25, 0.3) is 10.2 Å². The lowest BCUT2D eigenvalue weighted by atomic mass is 10.1. The minimum absolute atomic E-state index is 0.267. The maximum absolute atomic E-state index is 12.0. The number of alkyl halides is 2. The minimum atomic E-state index is -2.61. The van der Waals surface area contributed by atoms with Gasteiger partial charge in [0, 0.05) is 22.9 Å². The van der Waals surface area contributed by atoms with Crippen LogP contribution in [0.3, 0.4) is 0 Å². The average Bonchev–Trinajstić information content (AvgIpc) is 3.11. The lowest BCUT2D eigenvalue weighted by molar-refractivity contribution is -0.140. The Morgan fingerprint density at radius 2 is 1.68 bits per heavy atom. The smallest absolute Gasteiger partial charge is 0.350 e. The van der Waals surface area contributed by atoms with Gasteiger partial charge in [0.05, 0.1) is 10.0 Å². The Hall–Kier alpha value is -2.25. The van der Waals surface area contributed by atoms with E-state index in [1.54, 1.807) is 42.5 Å². The van der Waals surface area contributed by atoms with E-state index in [0.717, 1.165) is 0 Å². The van der Waals surface area contributed by atoms with Crippen molar-refractivity contribution in [1.82, 2.24) is 5.16 Å². The summed E-state index contributed by atoms with van der Waals surface area (Å²) in [4.78, 5) is 22.9. The topological polar surface area (TPSA) is 92.4 Å². The van der Waals surface area contributed by atoms with Crippen molar-refractivity contribution in [2.45, 2.75) is 4.33 Å². The molecule has 0 atom stereocenters. The Bertz CT molecular complexity index is 1040. The monoisotopic (exact) mass is 458 g/mol. The summed E-state index contributed by atoms with van der Waals surface area (Å²) in [5.41, 5.74) is 1.79. The molecule has 0 spiro atoms. The SMILES string of the molecule is O=C(O)C(Cl)(Cl)C(=O)Nc1cccc(-c2cc(-c3c(Cl)cccc3Cl)no2)c1. The lowest BCUT2D eigenvalue weighted by Crippen LogP contribution is -2.39. The summed E-state index contributed by atoms with van der Waals surface area (Å²) >= 11 is 23.4. The Labute approximate surface area is 178 Å². The summed E-state index contributed by atoms with van der Waals surface area (Å²) < 4.78 is 2.74. The van der Waals surface area contributed by atoms with E-state index in [9.17, 15) is 9.59 Å². The molecular weight excluding hydrogens is 450 g/mol. The highest BCUT2D eigenvalue weighted by Crippen LogP contribution is 2.36. The second kappa shape index (κ2) is 8.01. The molecule has 28 heavy (non-hydrogen) atoms. The highest BCUT2D eigenvalue weighted by atomic mass is 35.5. The van der Waals surface area contributed by atoms with E-state index >= 15 is 0 Å². The van der Waals surface area contributed by atoms with Crippen molar-refractivity contribution in [2.75, 3.05) is 5.32 Å². The number of hydrogen-bond acceptors (Lipinski definition) is 4. The van der Waals surface area contributed by atoms with Crippen LogP contribution in [0, 0.1) is 0 Å². The molecule has 3 aromatic rings. The van der Waals surface area contributed by atoms with E-state index in [1.807, 2.05) is 0 Å². The fourth-order valence-electron chi connectivity index (χ4n) is 2.33. The molecule has 1 amide bonds. The molecule has 0 fully saturated rings. The van der Waals surface area contributed by atoms with Gasteiger partial charge in [-0.2, -0.15) is 0 Å². The number of carboxylic acids is 1. The van der Waals surface area contributed by atoms with Crippen LogP contribution in [0.1, 0.15) is 0 Å². The molecule has 10 heteroatoms. The Morgan fingerprint density at radius 1 is 1.04 bits per heavy atom. The zero-order valence-corrected chi connectivity index (χ0v) is 16.8. The molecule has 3 rings (SSSR count). The Balaban J connectivity index is 1.89. The maximum Gasteiger partial charge on any atom is 0.350 e. The summed E-state index contributed by atoms with van der Waals surface area (Å²) in [6.07, 6.45) is 0. The molecule has 0 unspecified atom stereocenters. The van der Waals surface area contributed by atoms with Crippen molar-refractivity contribution in [1.29, 1.82) is 0 Å². The molecule has 0 aliphatic heterocycles. The van der Waals surface area contributed by atoms with Gasteiger partial charge in [0.1, 0.15) is 5.69 Å². The van der Waals surface area contributed by atoms with Crippen molar-refractivity contribution >= 4 is 64.0 Å². The highest BCUT2D eigenvalue weighted by Gasteiger charge is 2.42. The molecule has 6 nitrogen and oxygen atoms in total. The van der Waals surface area contributed by atoms with E-state index in [0.29, 0.717) is 32.6 Å². The van der Waals surface area contributed by atoms with Gasteiger partial charge in [-0.1, -0.05) is 69.8 Å². The van der Waals surface area contributed by atoms with Crippen LogP contribution in [-0.2, 0) is 9.59 Å².